The van der Waals surface area contributed by atoms with Crippen LogP contribution in [0, 0.1) is 11.6 Å². The quantitative estimate of drug-likeness (QED) is 0.768. The van der Waals surface area contributed by atoms with Gasteiger partial charge in [-0.05, 0) is 18.2 Å². The van der Waals surface area contributed by atoms with Gasteiger partial charge in [0.05, 0.1) is 11.4 Å². The number of benzene rings is 1. The van der Waals surface area contributed by atoms with E-state index in [0.717, 1.165) is 18.2 Å². The normalized spacial score (nSPS) is 10.3. The molecule has 3 nitrogen and oxygen atoms in total. The first-order valence-corrected chi connectivity index (χ1v) is 4.16. The Kier molecular flexibility index (Phi) is 2.29. The van der Waals surface area contributed by atoms with E-state index in [-0.39, 0.29) is 11.3 Å². The second-order valence-electron chi connectivity index (χ2n) is 2.98. The molecule has 1 heterocycles. The number of aromatic amines is 1. The maximum atomic E-state index is 12.9. The van der Waals surface area contributed by atoms with Gasteiger partial charge in [0, 0.05) is 11.6 Å². The standard InChI is InChI=1S/C10H6F2N2O/c11-7-1-6(2-8(12)3-7)10-4-9(5-15)13-14-10/h1-5H,(H,13,14). The second-order valence-corrected chi connectivity index (χ2v) is 2.98. The molecule has 0 fully saturated rings. The lowest BCUT2D eigenvalue weighted by atomic mass is 10.1. The summed E-state index contributed by atoms with van der Waals surface area (Å²) >= 11 is 0. The third-order valence-corrected chi connectivity index (χ3v) is 1.88. The summed E-state index contributed by atoms with van der Waals surface area (Å²) < 4.78 is 25.7. The Morgan fingerprint density at radius 2 is 1.80 bits per heavy atom. The van der Waals surface area contributed by atoms with Crippen LogP contribution in [0.3, 0.4) is 0 Å². The molecule has 0 aliphatic rings. The Labute approximate surface area is 83.7 Å². The minimum absolute atomic E-state index is 0.259. The van der Waals surface area contributed by atoms with Gasteiger partial charge < -0.3 is 0 Å². The lowest BCUT2D eigenvalue weighted by Crippen LogP contribution is -1.84. The van der Waals surface area contributed by atoms with Gasteiger partial charge in [-0.15, -0.1) is 0 Å². The maximum Gasteiger partial charge on any atom is 0.167 e. The molecule has 1 aromatic heterocycles. The van der Waals surface area contributed by atoms with Crippen LogP contribution in [0.25, 0.3) is 11.3 Å². The summed E-state index contributed by atoms with van der Waals surface area (Å²) in [5, 5.41) is 6.18. The lowest BCUT2D eigenvalue weighted by molar-refractivity contribution is 0.111. The number of aromatic nitrogens is 2. The number of carbonyl (C=O) groups excluding carboxylic acids is 1. The second kappa shape index (κ2) is 3.61. The van der Waals surface area contributed by atoms with E-state index in [1.165, 1.54) is 6.07 Å². The highest BCUT2D eigenvalue weighted by molar-refractivity contribution is 5.75. The van der Waals surface area contributed by atoms with Crippen LogP contribution >= 0.6 is 0 Å². The van der Waals surface area contributed by atoms with Gasteiger partial charge >= 0.3 is 0 Å². The molecule has 2 rings (SSSR count). The van der Waals surface area contributed by atoms with Gasteiger partial charge in [0.15, 0.2) is 6.29 Å². The average molecular weight is 208 g/mol. The third-order valence-electron chi connectivity index (χ3n) is 1.88. The molecule has 0 radical (unpaired) electrons. The number of carbonyl (C=O) groups is 1. The summed E-state index contributed by atoms with van der Waals surface area (Å²) in [6.07, 6.45) is 0.576. The fraction of sp³-hybridized carbons (Fsp3) is 0. The van der Waals surface area contributed by atoms with Crippen LogP contribution in [0.1, 0.15) is 10.5 Å². The van der Waals surface area contributed by atoms with Crippen LogP contribution in [0.4, 0.5) is 8.78 Å². The Morgan fingerprint density at radius 1 is 1.13 bits per heavy atom. The van der Waals surface area contributed by atoms with E-state index in [4.69, 9.17) is 0 Å². The van der Waals surface area contributed by atoms with Crippen LogP contribution in [-0.4, -0.2) is 16.5 Å². The molecule has 15 heavy (non-hydrogen) atoms. The molecule has 0 unspecified atom stereocenters. The molecule has 0 spiro atoms. The first-order chi connectivity index (χ1) is 7.19. The minimum Gasteiger partial charge on any atom is -0.296 e. The SMILES string of the molecule is O=Cc1cc(-c2cc(F)cc(F)c2)n[nH]1. The molecular weight excluding hydrogens is 202 g/mol. The fourth-order valence-corrected chi connectivity index (χ4v) is 1.25. The van der Waals surface area contributed by atoms with Gasteiger partial charge in [0.1, 0.15) is 11.6 Å². The van der Waals surface area contributed by atoms with Crippen LogP contribution in [0.2, 0.25) is 0 Å². The van der Waals surface area contributed by atoms with Crippen molar-refractivity contribution in [3.63, 3.8) is 0 Å². The van der Waals surface area contributed by atoms with E-state index in [1.54, 1.807) is 0 Å². The van der Waals surface area contributed by atoms with Gasteiger partial charge in [-0.25, -0.2) is 8.78 Å². The van der Waals surface area contributed by atoms with Crippen molar-refractivity contribution in [2.75, 3.05) is 0 Å². The molecule has 5 heteroatoms. The summed E-state index contributed by atoms with van der Waals surface area (Å²) in [6.45, 7) is 0. The molecule has 0 amide bonds. The topological polar surface area (TPSA) is 45.8 Å². The molecular formula is C10H6F2N2O. The molecule has 0 aliphatic heterocycles. The van der Waals surface area contributed by atoms with Gasteiger partial charge in [-0.2, -0.15) is 5.10 Å². The fourth-order valence-electron chi connectivity index (χ4n) is 1.25. The predicted molar refractivity (Wildman–Crippen MR) is 49.3 cm³/mol. The van der Waals surface area contributed by atoms with Gasteiger partial charge in [0.25, 0.3) is 0 Å². The molecule has 1 N–H and O–H groups in total. The molecule has 0 saturated carbocycles. The van der Waals surface area contributed by atoms with Crippen molar-refractivity contribution in [2.24, 2.45) is 0 Å². The predicted octanol–water partition coefficient (Wildman–Crippen LogP) is 2.17. The van der Waals surface area contributed by atoms with Crippen LogP contribution < -0.4 is 0 Å². The number of aldehydes is 1. The zero-order valence-electron chi connectivity index (χ0n) is 7.50. The molecule has 0 bridgehead atoms. The Hall–Kier alpha value is -2.04. The zero-order valence-corrected chi connectivity index (χ0v) is 7.50. The average Bonchev–Trinajstić information content (AvgIpc) is 2.64. The smallest absolute Gasteiger partial charge is 0.167 e. The number of hydrogen-bond donors (Lipinski definition) is 1. The number of nitrogens with one attached hydrogen (secondary N) is 1. The van der Waals surface area contributed by atoms with Gasteiger partial charge in [-0.1, -0.05) is 0 Å². The highest BCUT2D eigenvalue weighted by Crippen LogP contribution is 2.19. The minimum atomic E-state index is -0.680. The largest absolute Gasteiger partial charge is 0.296 e. The van der Waals surface area contributed by atoms with Gasteiger partial charge in [-0.3, -0.25) is 9.89 Å². The number of nitrogens with zero attached hydrogens (tertiary/aromatic N) is 1. The Morgan fingerprint density at radius 3 is 2.33 bits per heavy atom. The van der Waals surface area contributed by atoms with Crippen molar-refractivity contribution in [3.05, 3.63) is 41.6 Å². The van der Waals surface area contributed by atoms with E-state index in [2.05, 4.69) is 10.2 Å². The van der Waals surface area contributed by atoms with Crippen molar-refractivity contribution in [1.29, 1.82) is 0 Å². The van der Waals surface area contributed by atoms with E-state index in [1.807, 2.05) is 0 Å². The van der Waals surface area contributed by atoms with Crippen LogP contribution in [0.15, 0.2) is 24.3 Å². The van der Waals surface area contributed by atoms with Crippen molar-refractivity contribution in [3.8, 4) is 11.3 Å². The van der Waals surface area contributed by atoms with Gasteiger partial charge in [0.2, 0.25) is 0 Å². The van der Waals surface area contributed by atoms with Crippen molar-refractivity contribution in [2.45, 2.75) is 0 Å². The lowest BCUT2D eigenvalue weighted by Gasteiger charge is -1.96. The van der Waals surface area contributed by atoms with Crippen LogP contribution in [0.5, 0.6) is 0 Å². The molecule has 2 aromatic rings. The van der Waals surface area contributed by atoms with E-state index in [0.29, 0.717) is 12.0 Å². The Bertz CT molecular complexity index is 488. The maximum absolute atomic E-state index is 12.9. The summed E-state index contributed by atoms with van der Waals surface area (Å²) in [4.78, 5) is 10.4. The molecule has 0 saturated heterocycles. The third kappa shape index (κ3) is 1.90. The number of hydrogen-bond acceptors (Lipinski definition) is 2. The van der Waals surface area contributed by atoms with E-state index in [9.17, 15) is 13.6 Å². The molecule has 1 aromatic carbocycles. The van der Waals surface area contributed by atoms with E-state index >= 15 is 0 Å². The highest BCUT2D eigenvalue weighted by Gasteiger charge is 2.06. The van der Waals surface area contributed by atoms with E-state index < -0.39 is 11.6 Å². The zero-order chi connectivity index (χ0) is 10.8. The summed E-state index contributed by atoms with van der Waals surface area (Å²) in [5.74, 6) is -1.36. The van der Waals surface area contributed by atoms with Crippen molar-refractivity contribution < 1.29 is 13.6 Å². The summed E-state index contributed by atoms with van der Waals surface area (Å²) in [6, 6.07) is 4.49. The molecule has 0 aliphatic carbocycles. The summed E-state index contributed by atoms with van der Waals surface area (Å²) in [7, 11) is 0. The first-order valence-electron chi connectivity index (χ1n) is 4.16. The number of H-pyrrole nitrogens is 1. The van der Waals surface area contributed by atoms with Crippen molar-refractivity contribution >= 4 is 6.29 Å². The number of rotatable bonds is 2. The van der Waals surface area contributed by atoms with Crippen LogP contribution in [-0.2, 0) is 0 Å². The Balaban J connectivity index is 2.48. The first kappa shape index (κ1) is 9.51. The molecule has 76 valence electrons. The monoisotopic (exact) mass is 208 g/mol. The number of halogens is 2. The highest BCUT2D eigenvalue weighted by atomic mass is 19.1. The molecule has 0 atom stereocenters. The van der Waals surface area contributed by atoms with Crippen molar-refractivity contribution in [1.82, 2.24) is 10.2 Å². The summed E-state index contributed by atoms with van der Waals surface area (Å²) in [5.41, 5.74) is 0.877.